The highest BCUT2D eigenvalue weighted by molar-refractivity contribution is 7.92. The second kappa shape index (κ2) is 12.2. The second-order valence-corrected chi connectivity index (χ2v) is 14.7. The number of amides is 1. The molecule has 2 aliphatic rings. The number of esters is 1. The molecule has 11 heteroatoms. The van der Waals surface area contributed by atoms with Crippen molar-refractivity contribution in [2.75, 3.05) is 18.4 Å². The van der Waals surface area contributed by atoms with E-state index < -0.39 is 10.0 Å². The zero-order valence-electron chi connectivity index (χ0n) is 26.1. The van der Waals surface area contributed by atoms with Gasteiger partial charge in [-0.25, -0.2) is 18.1 Å². The molecule has 2 heterocycles. The van der Waals surface area contributed by atoms with E-state index in [4.69, 9.17) is 9.47 Å². The van der Waals surface area contributed by atoms with Gasteiger partial charge in [-0.3, -0.25) is 9.59 Å². The number of benzene rings is 2. The molecule has 0 unspecified atom stereocenters. The van der Waals surface area contributed by atoms with Gasteiger partial charge in [0.25, 0.3) is 15.9 Å². The van der Waals surface area contributed by atoms with Crippen LogP contribution in [0.3, 0.4) is 0 Å². The van der Waals surface area contributed by atoms with E-state index in [1.54, 1.807) is 18.2 Å². The summed E-state index contributed by atoms with van der Waals surface area (Å²) in [6.45, 7) is 10.4. The molecule has 0 radical (unpaired) electrons. The van der Waals surface area contributed by atoms with Gasteiger partial charge in [0, 0.05) is 29.7 Å². The van der Waals surface area contributed by atoms with Crippen LogP contribution in [0.1, 0.15) is 67.9 Å². The Labute approximate surface area is 259 Å². The maximum atomic E-state index is 14.3. The molecule has 1 amide bonds. The molecule has 1 aliphatic heterocycles. The van der Waals surface area contributed by atoms with Crippen molar-refractivity contribution >= 4 is 27.8 Å². The van der Waals surface area contributed by atoms with Crippen molar-refractivity contribution in [1.29, 1.82) is 0 Å². The normalized spacial score (nSPS) is 21.5. The Morgan fingerprint density at radius 2 is 1.75 bits per heavy atom. The third-order valence-electron chi connectivity index (χ3n) is 8.24. The number of methoxy groups -OCH3 is 1. The van der Waals surface area contributed by atoms with E-state index in [0.717, 1.165) is 16.7 Å². The Morgan fingerprint density at radius 3 is 2.41 bits per heavy atom. The first-order valence-corrected chi connectivity index (χ1v) is 16.3. The number of aryl methyl sites for hydroxylation is 2. The topological polar surface area (TPSA) is 128 Å². The van der Waals surface area contributed by atoms with Crippen LogP contribution in [0.25, 0.3) is 11.3 Å². The van der Waals surface area contributed by atoms with Crippen molar-refractivity contribution in [2.24, 2.45) is 11.3 Å². The third-order valence-corrected chi connectivity index (χ3v) is 9.57. The molecule has 1 aromatic heterocycles. The molecule has 3 aromatic rings. The van der Waals surface area contributed by atoms with E-state index in [-0.39, 0.29) is 64.2 Å². The number of hydrogen-bond donors (Lipinski definition) is 1. The molecule has 10 nitrogen and oxygen atoms in total. The minimum Gasteiger partial charge on any atom is -0.475 e. The number of aromatic nitrogens is 2. The van der Waals surface area contributed by atoms with Gasteiger partial charge in [-0.15, -0.1) is 0 Å². The average Bonchev–Trinajstić information content (AvgIpc) is 2.93. The maximum Gasteiger partial charge on any atom is 0.305 e. The quantitative estimate of drug-likeness (QED) is 0.368. The first-order valence-electron chi connectivity index (χ1n) is 14.8. The summed E-state index contributed by atoms with van der Waals surface area (Å²) in [6, 6.07) is 13.1. The fraction of sp³-hybridized carbons (Fsp3) is 0.455. The number of nitrogens with zero attached hydrogens (tertiary/aromatic N) is 3. The molecular formula is C33H40N4O6S. The van der Waals surface area contributed by atoms with Gasteiger partial charge < -0.3 is 14.4 Å². The molecule has 4 bridgehead atoms. The summed E-state index contributed by atoms with van der Waals surface area (Å²) >= 11 is 0. The molecule has 44 heavy (non-hydrogen) atoms. The number of hydrogen-bond acceptors (Lipinski definition) is 8. The predicted molar refractivity (Wildman–Crippen MR) is 167 cm³/mol. The molecule has 1 saturated carbocycles. The second-order valence-electron chi connectivity index (χ2n) is 13.0. The molecule has 234 valence electrons. The Bertz CT molecular complexity index is 1660. The third kappa shape index (κ3) is 6.88. The van der Waals surface area contributed by atoms with E-state index in [9.17, 15) is 18.0 Å². The summed E-state index contributed by atoms with van der Waals surface area (Å²) < 4.78 is 40.8. The van der Waals surface area contributed by atoms with Gasteiger partial charge in [-0.1, -0.05) is 45.0 Å². The fourth-order valence-electron chi connectivity index (χ4n) is 6.18. The van der Waals surface area contributed by atoms with Crippen LogP contribution in [0.15, 0.2) is 53.4 Å². The molecule has 1 aliphatic carbocycles. The largest absolute Gasteiger partial charge is 0.475 e. The lowest BCUT2D eigenvalue weighted by atomic mass is 9.75. The summed E-state index contributed by atoms with van der Waals surface area (Å²) in [5.74, 6) is -0.380. The standard InChI is InChI=1S/C33H40N4O6S/c1-20-9-7-10-21(2)30(20)27-17-28-35-32(34-27)36-44(40,41)26-12-8-11-23(16-26)31(39)37(25(19-43-28)18-33(3,4)5)24-13-22(14-24)15-29(38)42-6/h7-12,16-17,22,24-25H,13-15,18-19H2,1-6H3,(H,34,35,36)/t22?,24?,25-/m1/s1. The molecule has 1 N–H and O–H groups in total. The molecule has 1 atom stereocenters. The average molecular weight is 621 g/mol. The molecule has 0 spiro atoms. The molecule has 2 aromatic carbocycles. The van der Waals surface area contributed by atoms with Crippen molar-refractivity contribution in [1.82, 2.24) is 14.9 Å². The molecule has 5 rings (SSSR count). The SMILES string of the molecule is COC(=O)CC1CC(N2C(=O)c3cccc(c3)S(=O)(=O)Nc3nc(cc(-c4c(C)cccc4C)n3)OC[C@H]2CC(C)(C)C)C1. The molecule has 1 fully saturated rings. The highest BCUT2D eigenvalue weighted by atomic mass is 32.2. The van der Waals surface area contributed by atoms with Crippen molar-refractivity contribution in [3.63, 3.8) is 0 Å². The number of fused-ring (bicyclic) bond motifs is 4. The highest BCUT2D eigenvalue weighted by Crippen LogP contribution is 2.39. The van der Waals surface area contributed by atoms with Crippen molar-refractivity contribution < 1.29 is 27.5 Å². The number of ether oxygens (including phenoxy) is 2. The van der Waals surface area contributed by atoms with Crippen LogP contribution >= 0.6 is 0 Å². The van der Waals surface area contributed by atoms with Gasteiger partial charge in [0.05, 0.1) is 23.7 Å². The van der Waals surface area contributed by atoms with Crippen LogP contribution in [0.5, 0.6) is 5.88 Å². The van der Waals surface area contributed by atoms with Crippen molar-refractivity contribution in [3.05, 3.63) is 65.2 Å². The predicted octanol–water partition coefficient (Wildman–Crippen LogP) is 5.54. The van der Waals surface area contributed by atoms with Gasteiger partial charge in [-0.2, -0.15) is 4.98 Å². The maximum absolute atomic E-state index is 14.3. The summed E-state index contributed by atoms with van der Waals surface area (Å²) in [5.41, 5.74) is 3.43. The number of carbonyl (C=O) groups is 2. The Kier molecular flexibility index (Phi) is 8.71. The monoisotopic (exact) mass is 620 g/mol. The van der Waals surface area contributed by atoms with E-state index in [1.165, 1.54) is 19.2 Å². The van der Waals surface area contributed by atoms with Crippen molar-refractivity contribution in [2.45, 2.75) is 77.3 Å². The summed E-state index contributed by atoms with van der Waals surface area (Å²) in [7, 11) is -2.78. The Morgan fingerprint density at radius 1 is 1.07 bits per heavy atom. The summed E-state index contributed by atoms with van der Waals surface area (Å²) in [4.78, 5) is 37.0. The molecular weight excluding hydrogens is 580 g/mol. The molecule has 0 saturated heterocycles. The van der Waals surface area contributed by atoms with Crippen LogP contribution in [-0.2, 0) is 19.6 Å². The van der Waals surface area contributed by atoms with Crippen LogP contribution in [-0.4, -0.2) is 61.0 Å². The highest BCUT2D eigenvalue weighted by Gasteiger charge is 2.42. The van der Waals surface area contributed by atoms with Gasteiger partial charge in [-0.05, 0) is 73.8 Å². The lowest BCUT2D eigenvalue weighted by Crippen LogP contribution is -2.55. The lowest BCUT2D eigenvalue weighted by molar-refractivity contribution is -0.143. The minimum absolute atomic E-state index is 0.0735. The van der Waals surface area contributed by atoms with E-state index in [1.807, 2.05) is 36.9 Å². The van der Waals surface area contributed by atoms with Crippen LogP contribution < -0.4 is 9.46 Å². The Balaban J connectivity index is 1.62. The number of anilines is 1. The minimum atomic E-state index is -4.15. The van der Waals surface area contributed by atoms with E-state index in [0.29, 0.717) is 31.4 Å². The smallest absolute Gasteiger partial charge is 0.305 e. The van der Waals surface area contributed by atoms with E-state index in [2.05, 4.69) is 35.5 Å². The zero-order chi connectivity index (χ0) is 31.8. The van der Waals surface area contributed by atoms with Gasteiger partial charge in [0.2, 0.25) is 11.8 Å². The number of carbonyl (C=O) groups excluding carboxylic acids is 2. The Hall–Kier alpha value is -3.99. The summed E-state index contributed by atoms with van der Waals surface area (Å²) in [5, 5.41) is 0. The van der Waals surface area contributed by atoms with Crippen LogP contribution in [0.2, 0.25) is 0 Å². The van der Waals surface area contributed by atoms with E-state index >= 15 is 0 Å². The lowest BCUT2D eigenvalue weighted by Gasteiger charge is -2.47. The fourth-order valence-corrected chi connectivity index (χ4v) is 7.17. The van der Waals surface area contributed by atoms with Crippen LogP contribution in [0, 0.1) is 25.2 Å². The zero-order valence-corrected chi connectivity index (χ0v) is 26.9. The number of sulfonamides is 1. The number of nitrogens with one attached hydrogen (secondary N) is 1. The number of rotatable bonds is 5. The first kappa shape index (κ1) is 31.4. The van der Waals surface area contributed by atoms with Gasteiger partial charge in [0.1, 0.15) is 6.61 Å². The van der Waals surface area contributed by atoms with Gasteiger partial charge in [0.15, 0.2) is 0 Å². The van der Waals surface area contributed by atoms with Crippen LogP contribution in [0.4, 0.5) is 5.95 Å². The first-order chi connectivity index (χ1) is 20.7. The van der Waals surface area contributed by atoms with Gasteiger partial charge >= 0.3 is 5.97 Å². The van der Waals surface area contributed by atoms with Crippen molar-refractivity contribution in [3.8, 4) is 17.1 Å². The summed E-state index contributed by atoms with van der Waals surface area (Å²) in [6.07, 6.45) is 2.18.